The standard InChI is InChI=1S/C18H15BrN2O3/c1-24-13-6-7-16-11(9-13)8-12(17(22)21-16)10-20-18(23)14-4-2-3-5-15(14)19/h2-9H,10H2,1H3,(H,20,23)(H,21,22). The van der Waals surface area contributed by atoms with Gasteiger partial charge in [0.05, 0.1) is 12.7 Å². The highest BCUT2D eigenvalue weighted by molar-refractivity contribution is 9.10. The fourth-order valence-electron chi connectivity index (χ4n) is 2.40. The lowest BCUT2D eigenvalue weighted by atomic mass is 10.1. The number of carbonyl (C=O) groups excluding carboxylic acids is 1. The SMILES string of the molecule is COc1ccc2[nH]c(=O)c(CNC(=O)c3ccccc3Br)cc2c1. The molecule has 1 heterocycles. The van der Waals surface area contributed by atoms with E-state index in [1.54, 1.807) is 43.5 Å². The molecule has 2 N–H and O–H groups in total. The summed E-state index contributed by atoms with van der Waals surface area (Å²) in [6.07, 6.45) is 0. The van der Waals surface area contributed by atoms with Crippen LogP contribution >= 0.6 is 15.9 Å². The van der Waals surface area contributed by atoms with E-state index in [1.165, 1.54) is 0 Å². The third-order valence-electron chi connectivity index (χ3n) is 3.69. The minimum Gasteiger partial charge on any atom is -0.497 e. The maximum Gasteiger partial charge on any atom is 0.253 e. The minimum atomic E-state index is -0.243. The van der Waals surface area contributed by atoms with Crippen LogP contribution in [0.3, 0.4) is 0 Å². The number of ether oxygens (including phenoxy) is 1. The Morgan fingerprint density at radius 1 is 1.21 bits per heavy atom. The lowest BCUT2D eigenvalue weighted by molar-refractivity contribution is 0.0950. The number of amides is 1. The van der Waals surface area contributed by atoms with Gasteiger partial charge in [-0.15, -0.1) is 0 Å². The van der Waals surface area contributed by atoms with Gasteiger partial charge in [-0.25, -0.2) is 0 Å². The first-order valence-electron chi connectivity index (χ1n) is 7.31. The smallest absolute Gasteiger partial charge is 0.253 e. The predicted molar refractivity (Wildman–Crippen MR) is 96.4 cm³/mol. The van der Waals surface area contributed by atoms with Gasteiger partial charge in [0.1, 0.15) is 5.75 Å². The minimum absolute atomic E-state index is 0.142. The number of rotatable bonds is 4. The summed E-state index contributed by atoms with van der Waals surface area (Å²) in [6.45, 7) is 0.142. The molecular formula is C18H15BrN2O3. The van der Waals surface area contributed by atoms with E-state index in [-0.39, 0.29) is 18.0 Å². The number of aromatic nitrogens is 1. The van der Waals surface area contributed by atoms with Crippen molar-refractivity contribution in [3.8, 4) is 5.75 Å². The number of methoxy groups -OCH3 is 1. The Morgan fingerprint density at radius 3 is 2.75 bits per heavy atom. The lowest BCUT2D eigenvalue weighted by Gasteiger charge is -2.08. The highest BCUT2D eigenvalue weighted by Gasteiger charge is 2.10. The number of halogens is 1. The molecule has 24 heavy (non-hydrogen) atoms. The van der Waals surface area contributed by atoms with Crippen LogP contribution in [-0.2, 0) is 6.54 Å². The number of hydrogen-bond acceptors (Lipinski definition) is 3. The van der Waals surface area contributed by atoms with Crippen molar-refractivity contribution in [1.29, 1.82) is 0 Å². The number of benzene rings is 2. The molecule has 1 amide bonds. The molecule has 0 aliphatic carbocycles. The van der Waals surface area contributed by atoms with Crippen LogP contribution in [0, 0.1) is 0 Å². The van der Waals surface area contributed by atoms with E-state index >= 15 is 0 Å². The molecule has 0 saturated heterocycles. The molecule has 0 spiro atoms. The van der Waals surface area contributed by atoms with Gasteiger partial charge in [0.25, 0.3) is 11.5 Å². The Labute approximate surface area is 146 Å². The number of H-pyrrole nitrogens is 1. The molecule has 0 unspecified atom stereocenters. The lowest BCUT2D eigenvalue weighted by Crippen LogP contribution is -2.27. The number of hydrogen-bond donors (Lipinski definition) is 2. The Hall–Kier alpha value is -2.60. The van der Waals surface area contributed by atoms with Crippen LogP contribution in [0.2, 0.25) is 0 Å². The second-order valence-corrected chi connectivity index (χ2v) is 6.09. The van der Waals surface area contributed by atoms with Gasteiger partial charge in [0.2, 0.25) is 0 Å². The maximum atomic E-state index is 12.2. The number of fused-ring (bicyclic) bond motifs is 1. The quantitative estimate of drug-likeness (QED) is 0.722. The molecule has 2 aromatic carbocycles. The molecule has 0 saturated carbocycles. The van der Waals surface area contributed by atoms with E-state index in [1.807, 2.05) is 12.1 Å². The molecule has 122 valence electrons. The third kappa shape index (κ3) is 3.33. The number of pyridine rings is 1. The zero-order chi connectivity index (χ0) is 17.1. The van der Waals surface area contributed by atoms with Crippen molar-refractivity contribution >= 4 is 32.7 Å². The second-order valence-electron chi connectivity index (χ2n) is 5.24. The Kier molecular flexibility index (Phi) is 4.66. The Morgan fingerprint density at radius 2 is 2.00 bits per heavy atom. The molecule has 0 aliphatic rings. The summed E-state index contributed by atoms with van der Waals surface area (Å²) in [7, 11) is 1.59. The first kappa shape index (κ1) is 16.3. The number of carbonyl (C=O) groups is 1. The van der Waals surface area contributed by atoms with Gasteiger partial charge >= 0.3 is 0 Å². The van der Waals surface area contributed by atoms with Gasteiger partial charge in [0.15, 0.2) is 0 Å². The van der Waals surface area contributed by atoms with E-state index in [2.05, 4.69) is 26.2 Å². The summed E-state index contributed by atoms with van der Waals surface area (Å²) in [5.41, 5.74) is 1.51. The molecule has 6 heteroatoms. The van der Waals surface area contributed by atoms with Crippen LogP contribution in [0.1, 0.15) is 15.9 Å². The van der Waals surface area contributed by atoms with Gasteiger partial charge < -0.3 is 15.0 Å². The van der Waals surface area contributed by atoms with Crippen molar-refractivity contribution in [3.05, 3.63) is 74.5 Å². The van der Waals surface area contributed by atoms with E-state index in [9.17, 15) is 9.59 Å². The maximum absolute atomic E-state index is 12.2. The average Bonchev–Trinajstić information content (AvgIpc) is 2.59. The van der Waals surface area contributed by atoms with Crippen LogP contribution in [-0.4, -0.2) is 18.0 Å². The van der Waals surface area contributed by atoms with Gasteiger partial charge in [-0.1, -0.05) is 12.1 Å². The molecule has 0 atom stereocenters. The van der Waals surface area contributed by atoms with Crippen molar-refractivity contribution in [2.24, 2.45) is 0 Å². The largest absolute Gasteiger partial charge is 0.497 e. The summed E-state index contributed by atoms with van der Waals surface area (Å²) in [5, 5.41) is 3.62. The fourth-order valence-corrected chi connectivity index (χ4v) is 2.87. The van der Waals surface area contributed by atoms with Crippen molar-refractivity contribution in [1.82, 2.24) is 10.3 Å². The van der Waals surface area contributed by atoms with Gasteiger partial charge in [-0.05, 0) is 52.3 Å². The summed E-state index contributed by atoms with van der Waals surface area (Å²) in [5.74, 6) is 0.463. The second kappa shape index (κ2) is 6.88. The third-order valence-corrected chi connectivity index (χ3v) is 4.38. The molecule has 0 fully saturated rings. The van der Waals surface area contributed by atoms with E-state index in [0.29, 0.717) is 21.3 Å². The first-order valence-corrected chi connectivity index (χ1v) is 8.10. The van der Waals surface area contributed by atoms with E-state index in [0.717, 1.165) is 10.9 Å². The van der Waals surface area contributed by atoms with Crippen molar-refractivity contribution in [2.45, 2.75) is 6.54 Å². The van der Waals surface area contributed by atoms with Crippen molar-refractivity contribution < 1.29 is 9.53 Å². The van der Waals surface area contributed by atoms with Crippen LogP contribution in [0.5, 0.6) is 5.75 Å². The average molecular weight is 387 g/mol. The first-order chi connectivity index (χ1) is 11.6. The van der Waals surface area contributed by atoms with Crippen LogP contribution < -0.4 is 15.6 Å². The van der Waals surface area contributed by atoms with Gasteiger partial charge in [0, 0.05) is 27.5 Å². The molecule has 0 radical (unpaired) electrons. The fraction of sp³-hybridized carbons (Fsp3) is 0.111. The molecule has 3 rings (SSSR count). The monoisotopic (exact) mass is 386 g/mol. The predicted octanol–water partition coefficient (Wildman–Crippen LogP) is 3.23. The molecule has 1 aromatic heterocycles. The Bertz CT molecular complexity index is 966. The van der Waals surface area contributed by atoms with Crippen LogP contribution in [0.25, 0.3) is 10.9 Å². The Balaban J connectivity index is 1.84. The molecule has 5 nitrogen and oxygen atoms in total. The van der Waals surface area contributed by atoms with Crippen LogP contribution in [0.4, 0.5) is 0 Å². The van der Waals surface area contributed by atoms with Crippen LogP contribution in [0.15, 0.2) is 57.8 Å². The molecule has 3 aromatic rings. The summed E-state index contributed by atoms with van der Waals surface area (Å²) < 4.78 is 5.90. The molecular weight excluding hydrogens is 372 g/mol. The normalized spacial score (nSPS) is 10.6. The van der Waals surface area contributed by atoms with Crippen molar-refractivity contribution in [3.63, 3.8) is 0 Å². The van der Waals surface area contributed by atoms with Gasteiger partial charge in [-0.3, -0.25) is 9.59 Å². The van der Waals surface area contributed by atoms with E-state index < -0.39 is 0 Å². The van der Waals surface area contributed by atoms with Crippen molar-refractivity contribution in [2.75, 3.05) is 7.11 Å². The highest BCUT2D eigenvalue weighted by atomic mass is 79.9. The topological polar surface area (TPSA) is 71.2 Å². The number of nitrogens with one attached hydrogen (secondary N) is 2. The molecule has 0 aliphatic heterocycles. The summed E-state index contributed by atoms with van der Waals surface area (Å²) in [6, 6.07) is 14.3. The summed E-state index contributed by atoms with van der Waals surface area (Å²) in [4.78, 5) is 27.2. The summed E-state index contributed by atoms with van der Waals surface area (Å²) >= 11 is 3.34. The number of aromatic amines is 1. The van der Waals surface area contributed by atoms with Gasteiger partial charge in [-0.2, -0.15) is 0 Å². The zero-order valence-electron chi connectivity index (χ0n) is 12.9. The molecule has 0 bridgehead atoms. The van der Waals surface area contributed by atoms with E-state index in [4.69, 9.17) is 4.74 Å². The zero-order valence-corrected chi connectivity index (χ0v) is 14.5. The highest BCUT2D eigenvalue weighted by Crippen LogP contribution is 2.19.